The van der Waals surface area contributed by atoms with Crippen molar-refractivity contribution in [2.24, 2.45) is 0 Å². The topological polar surface area (TPSA) is 98.9 Å². The van der Waals surface area contributed by atoms with E-state index in [1.165, 1.54) is 34.0 Å². The maximum atomic E-state index is 14.0. The van der Waals surface area contributed by atoms with Crippen molar-refractivity contribution >= 4 is 12.0 Å². The van der Waals surface area contributed by atoms with Gasteiger partial charge >= 0.3 is 6.09 Å². The monoisotopic (exact) mass is 500 g/mol. The Hall–Kier alpha value is -4.66. The number of para-hydroxylation sites is 2. The van der Waals surface area contributed by atoms with E-state index in [1.54, 1.807) is 35.2 Å². The van der Waals surface area contributed by atoms with Crippen LogP contribution in [0.2, 0.25) is 0 Å². The normalized spacial score (nSPS) is 15.5. The first-order chi connectivity index (χ1) is 17.9. The predicted molar refractivity (Wildman–Crippen MR) is 135 cm³/mol. The molecule has 3 aromatic carbocycles. The summed E-state index contributed by atoms with van der Waals surface area (Å²) in [5.41, 5.74) is 2.59. The first-order valence-corrected chi connectivity index (χ1v) is 11.9. The summed E-state index contributed by atoms with van der Waals surface area (Å²) in [7, 11) is 0. The lowest BCUT2D eigenvalue weighted by molar-refractivity contribution is 0.0451. The number of carboxylic acid groups (broad SMARTS) is 1. The number of aromatic nitrogens is 2. The molecular weight excluding hydrogens is 475 g/mol. The smallest absolute Gasteiger partial charge is 0.407 e. The van der Waals surface area contributed by atoms with Crippen LogP contribution in [-0.4, -0.2) is 67.5 Å². The van der Waals surface area contributed by atoms with Gasteiger partial charge in [0, 0.05) is 25.2 Å². The minimum Gasteiger partial charge on any atom is -0.506 e. The molecule has 0 spiro atoms. The summed E-state index contributed by atoms with van der Waals surface area (Å²) < 4.78 is 15.2. The summed E-state index contributed by atoms with van der Waals surface area (Å²) in [6.45, 7) is 0.578. The minimum atomic E-state index is -1.02. The summed E-state index contributed by atoms with van der Waals surface area (Å²) in [5.74, 6) is -0.755. The van der Waals surface area contributed by atoms with E-state index in [1.807, 2.05) is 30.3 Å². The third-order valence-corrected chi connectivity index (χ3v) is 6.56. The summed E-state index contributed by atoms with van der Waals surface area (Å²) >= 11 is 0. The van der Waals surface area contributed by atoms with Gasteiger partial charge in [0.2, 0.25) is 0 Å². The van der Waals surface area contributed by atoms with Gasteiger partial charge in [-0.3, -0.25) is 4.79 Å². The molecule has 37 heavy (non-hydrogen) atoms. The molecule has 1 aromatic heterocycles. The van der Waals surface area contributed by atoms with Gasteiger partial charge in [-0.15, -0.1) is 0 Å². The third kappa shape index (κ3) is 4.88. The number of piperazine rings is 1. The molecule has 0 bridgehead atoms. The average molecular weight is 501 g/mol. The second-order valence-corrected chi connectivity index (χ2v) is 8.88. The quantitative estimate of drug-likeness (QED) is 0.422. The molecule has 0 saturated carbocycles. The van der Waals surface area contributed by atoms with Crippen molar-refractivity contribution in [3.8, 4) is 22.7 Å². The maximum absolute atomic E-state index is 14.0. The number of phenolic OH excluding ortho intramolecular Hbond substituents is 1. The molecule has 1 saturated heterocycles. The van der Waals surface area contributed by atoms with Gasteiger partial charge in [-0.05, 0) is 48.4 Å². The zero-order chi connectivity index (χ0) is 25.9. The molecule has 0 radical (unpaired) electrons. The molecule has 2 N–H and O–H groups in total. The number of nitrogens with zero attached hydrogens (tertiary/aromatic N) is 4. The molecule has 5 rings (SSSR count). The fourth-order valence-corrected chi connectivity index (χ4v) is 4.73. The summed E-state index contributed by atoms with van der Waals surface area (Å²) in [6.07, 6.45) is 0.899. The number of amides is 2. The molecule has 1 aliphatic rings. The van der Waals surface area contributed by atoms with Gasteiger partial charge in [-0.2, -0.15) is 5.10 Å². The molecule has 2 heterocycles. The van der Waals surface area contributed by atoms with Crippen LogP contribution in [0.4, 0.5) is 9.18 Å². The summed E-state index contributed by atoms with van der Waals surface area (Å²) in [4.78, 5) is 28.8. The number of hydrogen-bond acceptors (Lipinski definition) is 4. The molecule has 0 aliphatic carbocycles. The second kappa shape index (κ2) is 10.1. The van der Waals surface area contributed by atoms with Crippen LogP contribution >= 0.6 is 0 Å². The summed E-state index contributed by atoms with van der Waals surface area (Å²) in [5, 5.41) is 24.5. The lowest BCUT2D eigenvalue weighted by Gasteiger charge is -2.40. The van der Waals surface area contributed by atoms with Crippen molar-refractivity contribution in [2.45, 2.75) is 12.5 Å². The van der Waals surface area contributed by atoms with E-state index in [2.05, 4.69) is 5.10 Å². The molecule has 1 fully saturated rings. The fraction of sp³-hybridized carbons (Fsp3) is 0.179. The Morgan fingerprint density at radius 2 is 1.65 bits per heavy atom. The number of aromatic hydroxyl groups is 1. The van der Waals surface area contributed by atoms with Crippen LogP contribution in [0, 0.1) is 5.82 Å². The predicted octanol–water partition coefficient (Wildman–Crippen LogP) is 4.43. The van der Waals surface area contributed by atoms with E-state index in [0.29, 0.717) is 23.4 Å². The third-order valence-electron chi connectivity index (χ3n) is 6.56. The van der Waals surface area contributed by atoms with Crippen LogP contribution < -0.4 is 0 Å². The van der Waals surface area contributed by atoms with Gasteiger partial charge in [-0.1, -0.05) is 42.5 Å². The van der Waals surface area contributed by atoms with Crippen molar-refractivity contribution in [2.75, 3.05) is 19.6 Å². The van der Waals surface area contributed by atoms with E-state index in [4.69, 9.17) is 0 Å². The second-order valence-electron chi connectivity index (χ2n) is 8.88. The number of phenols is 1. The Labute approximate surface area is 212 Å². The fourth-order valence-electron chi connectivity index (χ4n) is 4.73. The highest BCUT2D eigenvalue weighted by molar-refractivity contribution is 6.00. The molecule has 1 unspecified atom stereocenters. The highest BCUT2D eigenvalue weighted by Crippen LogP contribution is 2.32. The first-order valence-electron chi connectivity index (χ1n) is 11.9. The lowest BCUT2D eigenvalue weighted by Crippen LogP contribution is -2.57. The van der Waals surface area contributed by atoms with E-state index >= 15 is 0 Å². The van der Waals surface area contributed by atoms with Crippen LogP contribution in [0.15, 0.2) is 85.1 Å². The standard InChI is InChI=1S/C28H25FN4O4/c29-21-12-10-20(11-13-21)26-23(17-30-33(26)24-8-4-5-9-25(24)34)27(35)32-15-14-31(28(36)37)18-22(32)16-19-6-2-1-3-7-19/h1-13,17,22,34H,14-16,18H2,(H,36,37). The van der Waals surface area contributed by atoms with E-state index in [9.17, 15) is 24.2 Å². The molecule has 9 heteroatoms. The molecule has 4 aromatic rings. The highest BCUT2D eigenvalue weighted by atomic mass is 19.1. The number of hydrogen-bond donors (Lipinski definition) is 2. The summed E-state index contributed by atoms with van der Waals surface area (Å²) in [6, 6.07) is 21.6. The van der Waals surface area contributed by atoms with Crippen LogP contribution in [0.5, 0.6) is 5.75 Å². The van der Waals surface area contributed by atoms with Gasteiger partial charge < -0.3 is 20.0 Å². The van der Waals surface area contributed by atoms with Crippen LogP contribution in [0.25, 0.3) is 16.9 Å². The van der Waals surface area contributed by atoms with E-state index < -0.39 is 18.0 Å². The van der Waals surface area contributed by atoms with Gasteiger partial charge in [0.25, 0.3) is 5.91 Å². The largest absolute Gasteiger partial charge is 0.506 e. The van der Waals surface area contributed by atoms with Crippen LogP contribution in [0.1, 0.15) is 15.9 Å². The molecule has 1 atom stereocenters. The Morgan fingerprint density at radius 1 is 0.946 bits per heavy atom. The van der Waals surface area contributed by atoms with Crippen molar-refractivity contribution in [3.63, 3.8) is 0 Å². The van der Waals surface area contributed by atoms with Crippen molar-refractivity contribution in [1.82, 2.24) is 19.6 Å². The zero-order valence-corrected chi connectivity index (χ0v) is 19.9. The van der Waals surface area contributed by atoms with Crippen molar-refractivity contribution < 1.29 is 24.2 Å². The van der Waals surface area contributed by atoms with Gasteiger partial charge in [-0.25, -0.2) is 13.9 Å². The lowest BCUT2D eigenvalue weighted by atomic mass is 10.00. The van der Waals surface area contributed by atoms with E-state index in [-0.39, 0.29) is 36.9 Å². The highest BCUT2D eigenvalue weighted by Gasteiger charge is 2.35. The van der Waals surface area contributed by atoms with Crippen molar-refractivity contribution in [3.05, 3.63) is 102 Å². The average Bonchev–Trinajstić information content (AvgIpc) is 3.34. The number of benzene rings is 3. The number of halogens is 1. The SMILES string of the molecule is O=C(O)N1CCN(C(=O)c2cnn(-c3ccccc3O)c2-c2ccc(F)cc2)C(Cc2ccccc2)C1. The van der Waals surface area contributed by atoms with E-state index in [0.717, 1.165) is 5.56 Å². The Morgan fingerprint density at radius 3 is 2.35 bits per heavy atom. The van der Waals surface area contributed by atoms with Crippen LogP contribution in [-0.2, 0) is 6.42 Å². The number of carbonyl (C=O) groups is 2. The minimum absolute atomic E-state index is 0.0232. The Balaban J connectivity index is 1.57. The van der Waals surface area contributed by atoms with Gasteiger partial charge in [0.15, 0.2) is 0 Å². The van der Waals surface area contributed by atoms with Gasteiger partial charge in [0.05, 0.1) is 23.5 Å². The molecule has 8 nitrogen and oxygen atoms in total. The molecule has 1 aliphatic heterocycles. The van der Waals surface area contributed by atoms with Gasteiger partial charge in [0.1, 0.15) is 17.3 Å². The molecule has 188 valence electrons. The maximum Gasteiger partial charge on any atom is 0.407 e. The molecule has 2 amide bonds. The van der Waals surface area contributed by atoms with Crippen molar-refractivity contribution in [1.29, 1.82) is 0 Å². The zero-order valence-electron chi connectivity index (χ0n) is 19.9. The molecular formula is C28H25FN4O4. The Kier molecular flexibility index (Phi) is 6.59. The number of carbonyl (C=O) groups excluding carboxylic acids is 1. The van der Waals surface area contributed by atoms with Crippen LogP contribution in [0.3, 0.4) is 0 Å². The first kappa shape index (κ1) is 24.1. The Bertz CT molecular complexity index is 1420. The number of rotatable bonds is 5.